The summed E-state index contributed by atoms with van der Waals surface area (Å²) in [5, 5.41) is 20.7. The zero-order valence-corrected chi connectivity index (χ0v) is 12.2. The number of rotatable bonds is 4. The van der Waals surface area contributed by atoms with E-state index in [1.54, 1.807) is 37.6 Å². The average molecular weight is 301 g/mol. The fraction of sp³-hybridized carbons (Fsp3) is 0.143. The van der Waals surface area contributed by atoms with E-state index in [4.69, 9.17) is 10.00 Å². The van der Waals surface area contributed by atoms with E-state index in [-0.39, 0.29) is 16.9 Å². The Morgan fingerprint density at radius 2 is 2.05 bits per heavy atom. The van der Waals surface area contributed by atoms with Gasteiger partial charge in [-0.15, -0.1) is 11.8 Å². The molecular formula is C14H11N3O3S. The van der Waals surface area contributed by atoms with Crippen molar-refractivity contribution in [3.05, 3.63) is 46.0 Å². The molecule has 0 aliphatic rings. The quantitative estimate of drug-likeness (QED) is 0.489. The van der Waals surface area contributed by atoms with Crippen molar-refractivity contribution in [3.8, 4) is 23.1 Å². The van der Waals surface area contributed by atoms with Crippen LogP contribution >= 0.6 is 11.8 Å². The molecule has 0 aliphatic heterocycles. The molecule has 0 N–H and O–H groups in total. The van der Waals surface area contributed by atoms with Gasteiger partial charge in [-0.05, 0) is 30.5 Å². The highest BCUT2D eigenvalue weighted by Crippen LogP contribution is 2.33. The Labute approximate surface area is 125 Å². The van der Waals surface area contributed by atoms with Crippen molar-refractivity contribution in [3.63, 3.8) is 0 Å². The van der Waals surface area contributed by atoms with Gasteiger partial charge in [-0.2, -0.15) is 5.26 Å². The average Bonchev–Trinajstić information content (AvgIpc) is 2.53. The second-order valence-electron chi connectivity index (χ2n) is 4.01. The predicted octanol–water partition coefficient (Wildman–Crippen LogP) is 3.26. The van der Waals surface area contributed by atoms with Crippen LogP contribution in [0.1, 0.15) is 5.56 Å². The lowest BCUT2D eigenvalue weighted by molar-refractivity contribution is -0.384. The fourth-order valence-corrected chi connectivity index (χ4v) is 2.33. The van der Waals surface area contributed by atoms with E-state index in [1.807, 2.05) is 6.07 Å². The van der Waals surface area contributed by atoms with E-state index >= 15 is 0 Å². The van der Waals surface area contributed by atoms with Gasteiger partial charge in [0.1, 0.15) is 22.5 Å². The number of pyridine rings is 1. The summed E-state index contributed by atoms with van der Waals surface area (Å²) in [6.45, 7) is 0. The lowest BCUT2D eigenvalue weighted by Crippen LogP contribution is -1.98. The summed E-state index contributed by atoms with van der Waals surface area (Å²) in [7, 11) is 1.54. The topological polar surface area (TPSA) is 89.0 Å². The van der Waals surface area contributed by atoms with Gasteiger partial charge in [0.15, 0.2) is 0 Å². The van der Waals surface area contributed by atoms with Crippen LogP contribution in [-0.2, 0) is 0 Å². The minimum Gasteiger partial charge on any atom is -0.497 e. The normalized spacial score (nSPS) is 9.95. The Bertz CT molecular complexity index is 723. The number of hydrogen-bond acceptors (Lipinski definition) is 6. The Balaban J connectivity index is 2.65. The summed E-state index contributed by atoms with van der Waals surface area (Å²) in [5.41, 5.74) is 0.856. The van der Waals surface area contributed by atoms with E-state index in [0.29, 0.717) is 16.3 Å². The van der Waals surface area contributed by atoms with E-state index in [9.17, 15) is 10.1 Å². The zero-order valence-electron chi connectivity index (χ0n) is 11.4. The summed E-state index contributed by atoms with van der Waals surface area (Å²) in [6.07, 6.45) is 1.77. The lowest BCUT2D eigenvalue weighted by Gasteiger charge is -2.07. The van der Waals surface area contributed by atoms with Crippen molar-refractivity contribution in [1.82, 2.24) is 4.98 Å². The van der Waals surface area contributed by atoms with Crippen molar-refractivity contribution >= 4 is 17.4 Å². The number of nitriles is 1. The first-order valence-electron chi connectivity index (χ1n) is 5.88. The van der Waals surface area contributed by atoms with Crippen molar-refractivity contribution in [1.29, 1.82) is 5.26 Å². The third-order valence-electron chi connectivity index (χ3n) is 2.84. The first kappa shape index (κ1) is 14.8. The van der Waals surface area contributed by atoms with Gasteiger partial charge in [-0.25, -0.2) is 4.98 Å². The largest absolute Gasteiger partial charge is 0.497 e. The van der Waals surface area contributed by atoms with Crippen LogP contribution in [0.5, 0.6) is 5.75 Å². The van der Waals surface area contributed by atoms with Gasteiger partial charge in [0.2, 0.25) is 0 Å². The molecule has 0 fully saturated rings. The highest BCUT2D eigenvalue weighted by molar-refractivity contribution is 7.98. The van der Waals surface area contributed by atoms with Crippen LogP contribution in [0.3, 0.4) is 0 Å². The molecular weight excluding hydrogens is 290 g/mol. The molecule has 0 aliphatic carbocycles. The van der Waals surface area contributed by atoms with Gasteiger partial charge in [-0.3, -0.25) is 10.1 Å². The molecule has 21 heavy (non-hydrogen) atoms. The summed E-state index contributed by atoms with van der Waals surface area (Å²) < 4.78 is 5.06. The maximum Gasteiger partial charge on any atom is 0.296 e. The van der Waals surface area contributed by atoms with Gasteiger partial charge in [0, 0.05) is 11.6 Å². The molecule has 0 saturated carbocycles. The van der Waals surface area contributed by atoms with Gasteiger partial charge in [0.05, 0.1) is 17.6 Å². The van der Waals surface area contributed by atoms with E-state index in [2.05, 4.69) is 4.98 Å². The minimum atomic E-state index is -0.530. The molecule has 0 unspecified atom stereocenters. The van der Waals surface area contributed by atoms with Crippen LogP contribution in [0.2, 0.25) is 0 Å². The molecule has 1 heterocycles. The highest BCUT2D eigenvalue weighted by atomic mass is 32.2. The second-order valence-corrected chi connectivity index (χ2v) is 4.81. The number of nitro groups is 1. The maximum atomic E-state index is 11.2. The number of nitrogens with zero attached hydrogens (tertiary/aromatic N) is 3. The summed E-state index contributed by atoms with van der Waals surface area (Å²) in [5.74, 6) is 0.653. The van der Waals surface area contributed by atoms with Gasteiger partial charge in [-0.1, -0.05) is 0 Å². The molecule has 1 aromatic heterocycles. The van der Waals surface area contributed by atoms with Gasteiger partial charge >= 0.3 is 0 Å². The van der Waals surface area contributed by atoms with Crippen molar-refractivity contribution in [2.75, 3.05) is 13.4 Å². The second kappa shape index (κ2) is 6.24. The van der Waals surface area contributed by atoms with Crippen molar-refractivity contribution < 1.29 is 9.66 Å². The fourth-order valence-electron chi connectivity index (χ4n) is 1.82. The molecule has 2 aromatic rings. The van der Waals surface area contributed by atoms with Crippen LogP contribution in [0.4, 0.5) is 5.69 Å². The zero-order chi connectivity index (χ0) is 15.4. The number of hydrogen-bond donors (Lipinski definition) is 0. The van der Waals surface area contributed by atoms with Crippen molar-refractivity contribution in [2.24, 2.45) is 0 Å². The molecule has 0 bridgehead atoms. The molecule has 1 aromatic carbocycles. The molecule has 0 atom stereocenters. The summed E-state index contributed by atoms with van der Waals surface area (Å²) in [6, 6.07) is 10.0. The standard InChI is InChI=1S/C14H11N3O3S/c1-20-11-5-3-9(4-6-11)13-12(17(18)19)7-10(8-15)14(16-13)21-2/h3-7H,1-2H3. The lowest BCUT2D eigenvalue weighted by atomic mass is 10.1. The molecule has 2 rings (SSSR count). The monoisotopic (exact) mass is 301 g/mol. The first-order chi connectivity index (χ1) is 10.1. The molecule has 0 radical (unpaired) electrons. The smallest absolute Gasteiger partial charge is 0.296 e. The Hall–Kier alpha value is -2.59. The number of methoxy groups -OCH3 is 1. The molecule has 0 spiro atoms. The third kappa shape index (κ3) is 2.95. The van der Waals surface area contributed by atoms with Crippen LogP contribution in [0.15, 0.2) is 35.4 Å². The van der Waals surface area contributed by atoms with Gasteiger partial charge in [0.25, 0.3) is 5.69 Å². The highest BCUT2D eigenvalue weighted by Gasteiger charge is 2.21. The number of benzene rings is 1. The van der Waals surface area contributed by atoms with Crippen LogP contribution in [-0.4, -0.2) is 23.3 Å². The van der Waals surface area contributed by atoms with E-state index in [0.717, 1.165) is 0 Å². The minimum absolute atomic E-state index is 0.186. The molecule has 7 heteroatoms. The predicted molar refractivity (Wildman–Crippen MR) is 79.4 cm³/mol. The SMILES string of the molecule is COc1ccc(-c2nc(SC)c(C#N)cc2[N+](=O)[O-])cc1. The first-order valence-corrected chi connectivity index (χ1v) is 7.11. The van der Waals surface area contributed by atoms with Crippen LogP contribution in [0.25, 0.3) is 11.3 Å². The Kier molecular flexibility index (Phi) is 4.40. The third-order valence-corrected chi connectivity index (χ3v) is 3.54. The number of ether oxygens (including phenoxy) is 1. The molecule has 6 nitrogen and oxygen atoms in total. The molecule has 106 valence electrons. The number of aromatic nitrogens is 1. The Morgan fingerprint density at radius 1 is 1.38 bits per heavy atom. The number of thioether (sulfide) groups is 1. The van der Waals surface area contributed by atoms with E-state index < -0.39 is 4.92 Å². The molecule has 0 amide bonds. The van der Waals surface area contributed by atoms with Crippen molar-refractivity contribution in [2.45, 2.75) is 5.03 Å². The maximum absolute atomic E-state index is 11.2. The van der Waals surface area contributed by atoms with Crippen LogP contribution < -0.4 is 4.74 Å². The summed E-state index contributed by atoms with van der Waals surface area (Å²) >= 11 is 1.28. The Morgan fingerprint density at radius 3 is 2.52 bits per heavy atom. The van der Waals surface area contributed by atoms with Gasteiger partial charge < -0.3 is 4.74 Å². The van der Waals surface area contributed by atoms with Crippen LogP contribution in [0, 0.1) is 21.4 Å². The molecule has 0 saturated heterocycles. The summed E-state index contributed by atoms with van der Waals surface area (Å²) in [4.78, 5) is 14.9. The van der Waals surface area contributed by atoms with E-state index in [1.165, 1.54) is 17.8 Å².